The summed E-state index contributed by atoms with van der Waals surface area (Å²) in [6.07, 6.45) is 2.58. The van der Waals surface area contributed by atoms with Crippen LogP contribution in [0.5, 0.6) is 0 Å². The minimum Gasteiger partial charge on any atom is -0.391 e. The van der Waals surface area contributed by atoms with Gasteiger partial charge < -0.3 is 10.4 Å². The summed E-state index contributed by atoms with van der Waals surface area (Å²) >= 11 is 1.73. The van der Waals surface area contributed by atoms with E-state index in [1.165, 1.54) is 4.88 Å². The van der Waals surface area contributed by atoms with E-state index < -0.39 is 6.10 Å². The lowest BCUT2D eigenvalue weighted by atomic mass is 9.89. The van der Waals surface area contributed by atoms with Crippen molar-refractivity contribution in [2.75, 3.05) is 6.54 Å². The standard InChI is InChI=1S/C15H25NO2S/c1-15(2,3)10-12(17)11-16-14(18)8-4-6-13-7-5-9-19-13/h5,7,9,12,17H,4,6,8,10-11H2,1-3H3,(H,16,18). The van der Waals surface area contributed by atoms with Crippen LogP contribution in [0.2, 0.25) is 0 Å². The van der Waals surface area contributed by atoms with Crippen LogP contribution in [0.4, 0.5) is 0 Å². The fourth-order valence-electron chi connectivity index (χ4n) is 1.98. The van der Waals surface area contributed by atoms with Crippen LogP contribution in [0.1, 0.15) is 44.9 Å². The molecule has 2 N–H and O–H groups in total. The Bertz CT molecular complexity index is 368. The van der Waals surface area contributed by atoms with E-state index in [0.29, 0.717) is 19.4 Å². The first kappa shape index (κ1) is 16.2. The zero-order valence-corrected chi connectivity index (χ0v) is 12.9. The van der Waals surface area contributed by atoms with Crippen molar-refractivity contribution in [1.29, 1.82) is 0 Å². The Morgan fingerprint density at radius 1 is 1.47 bits per heavy atom. The van der Waals surface area contributed by atoms with Gasteiger partial charge >= 0.3 is 0 Å². The average molecular weight is 283 g/mol. The van der Waals surface area contributed by atoms with Crippen LogP contribution in [0, 0.1) is 5.41 Å². The number of thiophene rings is 1. The van der Waals surface area contributed by atoms with E-state index >= 15 is 0 Å². The summed E-state index contributed by atoms with van der Waals surface area (Å²) in [5, 5.41) is 14.6. The third-order valence-corrected chi connectivity index (χ3v) is 3.73. The first-order valence-corrected chi connectivity index (χ1v) is 7.72. The normalized spacial score (nSPS) is 13.3. The van der Waals surface area contributed by atoms with Crippen molar-refractivity contribution in [3.8, 4) is 0 Å². The minimum absolute atomic E-state index is 0.0320. The molecule has 0 saturated carbocycles. The quantitative estimate of drug-likeness (QED) is 0.808. The molecule has 0 aliphatic carbocycles. The molecule has 0 fully saturated rings. The first-order valence-electron chi connectivity index (χ1n) is 6.84. The van der Waals surface area contributed by atoms with Crippen molar-refractivity contribution in [3.05, 3.63) is 22.4 Å². The lowest BCUT2D eigenvalue weighted by Crippen LogP contribution is -2.34. The lowest BCUT2D eigenvalue weighted by molar-refractivity contribution is -0.121. The highest BCUT2D eigenvalue weighted by molar-refractivity contribution is 7.09. The van der Waals surface area contributed by atoms with Gasteiger partial charge in [0.05, 0.1) is 6.10 Å². The summed E-state index contributed by atoms with van der Waals surface area (Å²) < 4.78 is 0. The van der Waals surface area contributed by atoms with Gasteiger partial charge in [0.1, 0.15) is 0 Å². The van der Waals surface area contributed by atoms with E-state index in [9.17, 15) is 9.90 Å². The van der Waals surface area contributed by atoms with Gasteiger partial charge in [-0.2, -0.15) is 0 Å². The molecule has 1 atom stereocenters. The molecule has 0 radical (unpaired) electrons. The number of hydrogen-bond acceptors (Lipinski definition) is 3. The van der Waals surface area contributed by atoms with Gasteiger partial charge in [0.25, 0.3) is 0 Å². The van der Waals surface area contributed by atoms with Crippen molar-refractivity contribution in [2.45, 2.75) is 52.6 Å². The fraction of sp³-hybridized carbons (Fsp3) is 0.667. The van der Waals surface area contributed by atoms with Gasteiger partial charge in [-0.1, -0.05) is 26.8 Å². The molecular formula is C15H25NO2S. The predicted octanol–water partition coefficient (Wildman–Crippen LogP) is 2.98. The van der Waals surface area contributed by atoms with Crippen LogP contribution < -0.4 is 5.32 Å². The molecule has 1 aromatic heterocycles. The molecule has 0 saturated heterocycles. The number of carbonyl (C=O) groups excluding carboxylic acids is 1. The van der Waals surface area contributed by atoms with Gasteiger partial charge in [-0.25, -0.2) is 0 Å². The second-order valence-corrected chi connectivity index (χ2v) is 7.19. The largest absolute Gasteiger partial charge is 0.391 e. The smallest absolute Gasteiger partial charge is 0.220 e. The summed E-state index contributed by atoms with van der Waals surface area (Å²) in [6.45, 7) is 6.60. The lowest BCUT2D eigenvalue weighted by Gasteiger charge is -2.22. The third kappa shape index (κ3) is 8.01. The monoisotopic (exact) mass is 283 g/mol. The highest BCUT2D eigenvalue weighted by Crippen LogP contribution is 2.20. The van der Waals surface area contributed by atoms with Gasteiger partial charge in [-0.05, 0) is 36.1 Å². The van der Waals surface area contributed by atoms with Crippen LogP contribution in [-0.2, 0) is 11.2 Å². The maximum Gasteiger partial charge on any atom is 0.220 e. The van der Waals surface area contributed by atoms with Crippen molar-refractivity contribution in [3.63, 3.8) is 0 Å². The number of aliphatic hydroxyl groups excluding tert-OH is 1. The van der Waals surface area contributed by atoms with Crippen molar-refractivity contribution >= 4 is 17.2 Å². The Morgan fingerprint density at radius 2 is 2.21 bits per heavy atom. The third-order valence-electron chi connectivity index (χ3n) is 2.79. The number of nitrogens with one attached hydrogen (secondary N) is 1. The molecule has 3 nitrogen and oxygen atoms in total. The maximum absolute atomic E-state index is 11.6. The van der Waals surface area contributed by atoms with Crippen molar-refractivity contribution < 1.29 is 9.90 Å². The summed E-state index contributed by atoms with van der Waals surface area (Å²) in [5.74, 6) is 0.0320. The number of hydrogen-bond donors (Lipinski definition) is 2. The molecule has 0 spiro atoms. The molecular weight excluding hydrogens is 258 g/mol. The molecule has 1 unspecified atom stereocenters. The number of amides is 1. The minimum atomic E-state index is -0.457. The zero-order chi connectivity index (χ0) is 14.3. The van der Waals surface area contributed by atoms with E-state index in [4.69, 9.17) is 0 Å². The fourth-order valence-corrected chi connectivity index (χ4v) is 2.73. The van der Waals surface area contributed by atoms with Crippen LogP contribution in [0.3, 0.4) is 0 Å². The molecule has 1 aromatic rings. The van der Waals surface area contributed by atoms with E-state index in [0.717, 1.165) is 12.8 Å². The number of carbonyl (C=O) groups is 1. The van der Waals surface area contributed by atoms with Crippen molar-refractivity contribution in [2.24, 2.45) is 5.41 Å². The Morgan fingerprint density at radius 3 is 2.79 bits per heavy atom. The average Bonchev–Trinajstić information content (AvgIpc) is 2.77. The SMILES string of the molecule is CC(C)(C)CC(O)CNC(=O)CCCc1cccs1. The highest BCUT2D eigenvalue weighted by Gasteiger charge is 2.17. The molecule has 1 rings (SSSR count). The van der Waals surface area contributed by atoms with Gasteiger partial charge in [-0.3, -0.25) is 4.79 Å². The van der Waals surface area contributed by atoms with Gasteiger partial charge in [0.15, 0.2) is 0 Å². The maximum atomic E-state index is 11.6. The Hall–Kier alpha value is -0.870. The van der Waals surface area contributed by atoms with E-state index in [1.54, 1.807) is 11.3 Å². The Balaban J connectivity index is 2.11. The highest BCUT2D eigenvalue weighted by atomic mass is 32.1. The molecule has 19 heavy (non-hydrogen) atoms. The molecule has 0 aromatic carbocycles. The van der Waals surface area contributed by atoms with Gasteiger partial charge in [0, 0.05) is 17.8 Å². The first-order chi connectivity index (χ1) is 8.87. The molecule has 0 aliphatic heterocycles. The van der Waals surface area contributed by atoms with E-state index in [-0.39, 0.29) is 11.3 Å². The number of rotatable bonds is 7. The van der Waals surface area contributed by atoms with Crippen LogP contribution in [0.15, 0.2) is 17.5 Å². The summed E-state index contributed by atoms with van der Waals surface area (Å²) in [5.41, 5.74) is 0.0866. The zero-order valence-electron chi connectivity index (χ0n) is 12.1. The Kier molecular flexibility index (Phi) is 6.52. The van der Waals surface area contributed by atoms with Crippen molar-refractivity contribution in [1.82, 2.24) is 5.32 Å². The van der Waals surface area contributed by atoms with Crippen LogP contribution in [-0.4, -0.2) is 23.7 Å². The second kappa shape index (κ2) is 7.65. The molecule has 0 aliphatic rings. The summed E-state index contributed by atoms with van der Waals surface area (Å²) in [6, 6.07) is 4.12. The molecule has 1 amide bonds. The second-order valence-electron chi connectivity index (χ2n) is 6.16. The molecule has 1 heterocycles. The topological polar surface area (TPSA) is 49.3 Å². The molecule has 108 valence electrons. The van der Waals surface area contributed by atoms with Crippen LogP contribution in [0.25, 0.3) is 0 Å². The van der Waals surface area contributed by atoms with Crippen LogP contribution >= 0.6 is 11.3 Å². The molecule has 4 heteroatoms. The van der Waals surface area contributed by atoms with Gasteiger partial charge in [-0.15, -0.1) is 11.3 Å². The van der Waals surface area contributed by atoms with E-state index in [2.05, 4.69) is 37.5 Å². The number of aliphatic hydroxyl groups is 1. The number of aryl methyl sites for hydroxylation is 1. The summed E-state index contributed by atoms with van der Waals surface area (Å²) in [4.78, 5) is 12.9. The van der Waals surface area contributed by atoms with Gasteiger partial charge in [0.2, 0.25) is 5.91 Å². The summed E-state index contributed by atoms with van der Waals surface area (Å²) in [7, 11) is 0. The molecule has 0 bridgehead atoms. The van der Waals surface area contributed by atoms with E-state index in [1.807, 2.05) is 6.07 Å². The predicted molar refractivity (Wildman–Crippen MR) is 80.3 cm³/mol. The Labute approximate surface area is 120 Å².